The first kappa shape index (κ1) is 19.1. The SMILES string of the molecule is Cc1nc2ccc(OC/C(=C\F)CNC(=O)OC(C)(C)C)c(F)c2s1. The van der Waals surface area contributed by atoms with E-state index in [2.05, 4.69) is 10.3 Å². The zero-order chi connectivity index (χ0) is 18.6. The molecule has 0 aliphatic heterocycles. The van der Waals surface area contributed by atoms with Gasteiger partial charge in [-0.15, -0.1) is 11.3 Å². The predicted molar refractivity (Wildman–Crippen MR) is 93.2 cm³/mol. The molecule has 1 aromatic carbocycles. The summed E-state index contributed by atoms with van der Waals surface area (Å²) >= 11 is 1.22. The minimum absolute atomic E-state index is 0.00719. The van der Waals surface area contributed by atoms with Gasteiger partial charge >= 0.3 is 6.09 Å². The average molecular weight is 370 g/mol. The largest absolute Gasteiger partial charge is 0.486 e. The second-order valence-electron chi connectivity index (χ2n) is 6.37. The number of alkyl carbamates (subject to hydrolysis) is 1. The molecule has 0 aliphatic carbocycles. The van der Waals surface area contributed by atoms with E-state index in [4.69, 9.17) is 9.47 Å². The van der Waals surface area contributed by atoms with Crippen molar-refractivity contribution in [3.63, 3.8) is 0 Å². The molecule has 136 valence electrons. The van der Waals surface area contributed by atoms with Crippen LogP contribution in [0.1, 0.15) is 25.8 Å². The van der Waals surface area contributed by atoms with Crippen LogP contribution in [0.5, 0.6) is 5.75 Å². The van der Waals surface area contributed by atoms with Crippen molar-refractivity contribution >= 4 is 27.6 Å². The maximum atomic E-state index is 14.4. The number of carbonyl (C=O) groups excluding carboxylic acids is 1. The van der Waals surface area contributed by atoms with E-state index < -0.39 is 17.5 Å². The minimum Gasteiger partial charge on any atom is -0.486 e. The van der Waals surface area contributed by atoms with Crippen molar-refractivity contribution < 1.29 is 23.0 Å². The first-order chi connectivity index (χ1) is 11.7. The number of carbonyl (C=O) groups is 1. The number of aryl methyl sites for hydroxylation is 1. The second-order valence-corrected chi connectivity index (χ2v) is 7.57. The summed E-state index contributed by atoms with van der Waals surface area (Å²) in [6, 6.07) is 3.10. The van der Waals surface area contributed by atoms with Gasteiger partial charge in [-0.25, -0.2) is 18.6 Å². The molecule has 2 aromatic rings. The number of ether oxygens (including phenoxy) is 2. The van der Waals surface area contributed by atoms with Crippen LogP contribution in [0.15, 0.2) is 24.0 Å². The maximum absolute atomic E-state index is 14.4. The van der Waals surface area contributed by atoms with Crippen molar-refractivity contribution in [3.8, 4) is 5.75 Å². The minimum atomic E-state index is -0.667. The first-order valence-corrected chi connectivity index (χ1v) is 8.44. The molecule has 0 atom stereocenters. The Morgan fingerprint density at radius 1 is 1.40 bits per heavy atom. The molecule has 1 N–H and O–H groups in total. The molecule has 1 heterocycles. The molecule has 25 heavy (non-hydrogen) atoms. The van der Waals surface area contributed by atoms with Gasteiger partial charge in [0.1, 0.15) is 12.2 Å². The summed E-state index contributed by atoms with van der Waals surface area (Å²) in [5.74, 6) is -0.519. The van der Waals surface area contributed by atoms with Crippen molar-refractivity contribution in [3.05, 3.63) is 34.9 Å². The summed E-state index contributed by atoms with van der Waals surface area (Å²) < 4.78 is 38.1. The van der Waals surface area contributed by atoms with Crippen LogP contribution in [-0.2, 0) is 4.74 Å². The van der Waals surface area contributed by atoms with E-state index in [-0.39, 0.29) is 24.5 Å². The van der Waals surface area contributed by atoms with E-state index in [1.54, 1.807) is 33.8 Å². The topological polar surface area (TPSA) is 60.5 Å². The van der Waals surface area contributed by atoms with Gasteiger partial charge in [-0.2, -0.15) is 0 Å². The number of halogens is 2. The Morgan fingerprint density at radius 2 is 2.12 bits per heavy atom. The Kier molecular flexibility index (Phi) is 5.94. The molecule has 0 saturated heterocycles. The van der Waals surface area contributed by atoms with Gasteiger partial charge in [-0.05, 0) is 39.8 Å². The lowest BCUT2D eigenvalue weighted by molar-refractivity contribution is 0.0531. The van der Waals surface area contributed by atoms with E-state index in [0.717, 1.165) is 5.01 Å². The number of nitrogens with zero attached hydrogens (tertiary/aromatic N) is 1. The molecule has 0 aliphatic rings. The highest BCUT2D eigenvalue weighted by Crippen LogP contribution is 2.30. The third-order valence-electron chi connectivity index (χ3n) is 2.99. The monoisotopic (exact) mass is 370 g/mol. The summed E-state index contributed by atoms with van der Waals surface area (Å²) in [5.41, 5.74) is 0.0528. The standard InChI is InChI=1S/C17H20F2N2O3S/c1-10-21-12-5-6-13(14(19)15(12)25-10)23-9-11(7-18)8-20-16(22)24-17(2,3)4/h5-7H,8-9H2,1-4H3,(H,20,22)/b11-7-. The van der Waals surface area contributed by atoms with Crippen molar-refractivity contribution in [2.24, 2.45) is 0 Å². The van der Waals surface area contributed by atoms with Gasteiger partial charge in [0.15, 0.2) is 11.6 Å². The number of thiazole rings is 1. The Morgan fingerprint density at radius 3 is 2.76 bits per heavy atom. The van der Waals surface area contributed by atoms with E-state index in [1.165, 1.54) is 17.4 Å². The van der Waals surface area contributed by atoms with Gasteiger partial charge in [0.25, 0.3) is 0 Å². The number of hydrogen-bond acceptors (Lipinski definition) is 5. The highest BCUT2D eigenvalue weighted by Gasteiger charge is 2.17. The lowest BCUT2D eigenvalue weighted by atomic mass is 10.2. The summed E-state index contributed by atoms with van der Waals surface area (Å²) in [5, 5.41) is 3.17. The molecule has 1 aromatic heterocycles. The third-order valence-corrected chi connectivity index (χ3v) is 3.97. The number of benzene rings is 1. The Hall–Kier alpha value is -2.22. The van der Waals surface area contributed by atoms with Gasteiger partial charge in [0, 0.05) is 12.1 Å². The molecule has 2 rings (SSSR count). The smallest absolute Gasteiger partial charge is 0.407 e. The molecule has 0 bridgehead atoms. The fourth-order valence-electron chi connectivity index (χ4n) is 1.96. The van der Waals surface area contributed by atoms with E-state index in [0.29, 0.717) is 16.5 Å². The molecule has 0 saturated carbocycles. The number of nitrogens with one attached hydrogen (secondary N) is 1. The highest BCUT2D eigenvalue weighted by atomic mass is 32.1. The van der Waals surface area contributed by atoms with Crippen LogP contribution < -0.4 is 10.1 Å². The molecular weight excluding hydrogens is 350 g/mol. The van der Waals surface area contributed by atoms with Crippen LogP contribution in [0.4, 0.5) is 13.6 Å². The lowest BCUT2D eigenvalue weighted by Gasteiger charge is -2.20. The fourth-order valence-corrected chi connectivity index (χ4v) is 2.80. The number of fused-ring (bicyclic) bond motifs is 1. The van der Waals surface area contributed by atoms with Gasteiger partial charge in [-0.3, -0.25) is 0 Å². The number of rotatable bonds is 5. The zero-order valence-electron chi connectivity index (χ0n) is 14.5. The Labute approximate surface area is 148 Å². The number of aromatic nitrogens is 1. The molecule has 1 amide bonds. The molecule has 0 radical (unpaired) electrons. The van der Waals surface area contributed by atoms with Crippen LogP contribution in [0.2, 0.25) is 0 Å². The van der Waals surface area contributed by atoms with Gasteiger partial charge in [0.05, 0.1) is 21.6 Å². The summed E-state index contributed by atoms with van der Waals surface area (Å²) in [6.07, 6.45) is -0.343. The molecule has 0 unspecified atom stereocenters. The van der Waals surface area contributed by atoms with E-state index in [9.17, 15) is 13.6 Å². The molecular formula is C17H20F2N2O3S. The van der Waals surface area contributed by atoms with Gasteiger partial charge < -0.3 is 14.8 Å². The number of hydrogen-bond donors (Lipinski definition) is 1. The number of amides is 1. The molecule has 0 fully saturated rings. The fraction of sp³-hybridized carbons (Fsp3) is 0.412. The van der Waals surface area contributed by atoms with Crippen molar-refractivity contribution in [1.29, 1.82) is 0 Å². The summed E-state index contributed by atoms with van der Waals surface area (Å²) in [6.45, 7) is 6.66. The van der Waals surface area contributed by atoms with Gasteiger partial charge in [-0.1, -0.05) is 0 Å². The summed E-state index contributed by atoms with van der Waals surface area (Å²) in [4.78, 5) is 15.8. The highest BCUT2D eigenvalue weighted by molar-refractivity contribution is 7.18. The van der Waals surface area contributed by atoms with Crippen LogP contribution in [0.25, 0.3) is 10.2 Å². The van der Waals surface area contributed by atoms with Crippen LogP contribution >= 0.6 is 11.3 Å². The first-order valence-electron chi connectivity index (χ1n) is 7.63. The van der Waals surface area contributed by atoms with Crippen LogP contribution in [0.3, 0.4) is 0 Å². The molecule has 0 spiro atoms. The normalized spacial score (nSPS) is 12.3. The maximum Gasteiger partial charge on any atom is 0.407 e. The van der Waals surface area contributed by atoms with Crippen LogP contribution in [0, 0.1) is 12.7 Å². The Balaban J connectivity index is 1.95. The van der Waals surface area contributed by atoms with E-state index >= 15 is 0 Å². The quantitative estimate of drug-likeness (QED) is 0.842. The van der Waals surface area contributed by atoms with Gasteiger partial charge in [0.2, 0.25) is 0 Å². The lowest BCUT2D eigenvalue weighted by Crippen LogP contribution is -2.34. The third kappa shape index (κ3) is 5.38. The van der Waals surface area contributed by atoms with E-state index in [1.807, 2.05) is 0 Å². The average Bonchev–Trinajstić information content (AvgIpc) is 2.89. The predicted octanol–water partition coefficient (Wildman–Crippen LogP) is 4.50. The van der Waals surface area contributed by atoms with Crippen molar-refractivity contribution in [2.75, 3.05) is 13.2 Å². The summed E-state index contributed by atoms with van der Waals surface area (Å²) in [7, 11) is 0. The van der Waals surface area contributed by atoms with Crippen molar-refractivity contribution in [2.45, 2.75) is 33.3 Å². The zero-order valence-corrected chi connectivity index (χ0v) is 15.3. The Bertz CT molecular complexity index is 797. The molecule has 5 nitrogen and oxygen atoms in total. The van der Waals surface area contributed by atoms with Crippen molar-refractivity contribution in [1.82, 2.24) is 10.3 Å². The second kappa shape index (κ2) is 7.77. The molecule has 8 heteroatoms. The van der Waals surface area contributed by atoms with Crippen LogP contribution in [-0.4, -0.2) is 29.8 Å².